The molecule has 0 atom stereocenters. The van der Waals surface area contributed by atoms with Crippen LogP contribution < -0.4 is 9.13 Å². The number of aromatic nitrogens is 2. The Morgan fingerprint density at radius 3 is 0.759 bits per heavy atom. The van der Waals surface area contributed by atoms with Gasteiger partial charge in [0.15, 0.2) is 0 Å². The zero-order valence-corrected chi connectivity index (χ0v) is 34.1. The van der Waals surface area contributed by atoms with Crippen molar-refractivity contribution in [3.63, 3.8) is 0 Å². The van der Waals surface area contributed by atoms with Crippen LogP contribution in [0.2, 0.25) is 0 Å². The summed E-state index contributed by atoms with van der Waals surface area (Å²) in [6.45, 7) is 0. The molecule has 0 aliphatic rings. The number of rotatable bonds is 10. The number of nitrogens with zero attached hydrogens (tertiary/aromatic N) is 2. The summed E-state index contributed by atoms with van der Waals surface area (Å²) >= 11 is 3.53. The minimum Gasteiger partial charge on any atom is -0.153 e. The van der Waals surface area contributed by atoms with Crippen LogP contribution in [0.25, 0.3) is 78.7 Å². The topological polar surface area (TPSA) is 7.76 Å². The van der Waals surface area contributed by atoms with Crippen LogP contribution in [0.4, 0.5) is 0 Å². The van der Waals surface area contributed by atoms with Gasteiger partial charge in [0.05, 0.1) is 0 Å². The van der Waals surface area contributed by atoms with Gasteiger partial charge in [0.1, 0.15) is 0 Å². The smallest absolute Gasteiger partial charge is 0.153 e. The Labute approximate surface area is 350 Å². The highest BCUT2D eigenvalue weighted by Crippen LogP contribution is 2.34. The summed E-state index contributed by atoms with van der Waals surface area (Å²) in [4.78, 5) is 2.51. The summed E-state index contributed by atoms with van der Waals surface area (Å²) in [6, 6.07) is 79.2. The van der Waals surface area contributed by atoms with Gasteiger partial charge in [0, 0.05) is 80.6 Å². The Bertz CT molecular complexity index is 2470. The summed E-state index contributed by atoms with van der Waals surface area (Å²) in [5, 5.41) is 0. The Morgan fingerprint density at radius 1 is 0.259 bits per heavy atom. The predicted molar refractivity (Wildman–Crippen MR) is 246 cm³/mol. The molecule has 0 N–H and O–H groups in total. The van der Waals surface area contributed by atoms with Crippen LogP contribution in [-0.2, 0) is 0 Å². The molecule has 7 aromatic carbocycles. The molecule has 9 rings (SSSR count). The van der Waals surface area contributed by atoms with Crippen molar-refractivity contribution in [2.45, 2.75) is 9.79 Å². The standard InChI is InChI=1S/C54H42N2S2/c1-57-49-31-23-39(24-32-49)45-35-51(41-15-7-3-8-16-41)55(52(36-45)42-17-9-4-10-18-42)47-27-29-48(30-28-47)56-53(43-19-11-5-12-20-43)37-46(40-25-33-50(58-2)34-26-40)38-54(56)44-21-13-6-14-22-44/h3-38H,1-2H3/q+2. The first-order chi connectivity index (χ1) is 28.7. The maximum Gasteiger partial charge on any atom is 0.219 e. The zero-order chi connectivity index (χ0) is 39.3. The van der Waals surface area contributed by atoms with Gasteiger partial charge in [0.25, 0.3) is 0 Å². The van der Waals surface area contributed by atoms with Gasteiger partial charge in [0.2, 0.25) is 34.2 Å². The van der Waals surface area contributed by atoms with Gasteiger partial charge >= 0.3 is 0 Å². The monoisotopic (exact) mass is 782 g/mol. The van der Waals surface area contributed by atoms with Crippen molar-refractivity contribution in [2.24, 2.45) is 0 Å². The van der Waals surface area contributed by atoms with Gasteiger partial charge in [-0.15, -0.1) is 23.5 Å². The van der Waals surface area contributed by atoms with Gasteiger partial charge in [-0.05, 0) is 108 Å². The van der Waals surface area contributed by atoms with E-state index in [1.165, 1.54) is 32.0 Å². The van der Waals surface area contributed by atoms with Crippen LogP contribution in [0.3, 0.4) is 0 Å². The van der Waals surface area contributed by atoms with Crippen LogP contribution in [0, 0.1) is 0 Å². The van der Waals surface area contributed by atoms with E-state index in [2.05, 4.69) is 240 Å². The lowest BCUT2D eigenvalue weighted by atomic mass is 9.98. The van der Waals surface area contributed by atoms with E-state index < -0.39 is 0 Å². The Hall–Kier alpha value is -6.46. The van der Waals surface area contributed by atoms with Gasteiger partial charge in [-0.2, -0.15) is 9.13 Å². The first-order valence-electron chi connectivity index (χ1n) is 19.5. The summed E-state index contributed by atoms with van der Waals surface area (Å²) in [6.07, 6.45) is 4.24. The number of benzene rings is 7. The van der Waals surface area contributed by atoms with Crippen LogP contribution >= 0.6 is 23.5 Å². The number of hydrogen-bond donors (Lipinski definition) is 0. The maximum absolute atomic E-state index is 2.41. The second kappa shape index (κ2) is 17.0. The fraction of sp³-hybridized carbons (Fsp3) is 0.0370. The third-order valence-corrected chi connectivity index (χ3v) is 12.1. The molecule has 58 heavy (non-hydrogen) atoms. The van der Waals surface area contributed by atoms with Gasteiger partial charge in [-0.1, -0.05) is 97.1 Å². The normalized spacial score (nSPS) is 11.1. The molecule has 2 heterocycles. The molecule has 0 radical (unpaired) electrons. The molecule has 9 aromatic rings. The van der Waals surface area contributed by atoms with Gasteiger partial charge < -0.3 is 0 Å². The largest absolute Gasteiger partial charge is 0.219 e. The zero-order valence-electron chi connectivity index (χ0n) is 32.5. The van der Waals surface area contributed by atoms with Crippen molar-refractivity contribution in [2.75, 3.05) is 12.5 Å². The van der Waals surface area contributed by atoms with Crippen molar-refractivity contribution >= 4 is 23.5 Å². The van der Waals surface area contributed by atoms with Crippen LogP contribution in [0.5, 0.6) is 0 Å². The fourth-order valence-corrected chi connectivity index (χ4v) is 8.50. The number of thioether (sulfide) groups is 2. The fourth-order valence-electron chi connectivity index (χ4n) is 7.68. The van der Waals surface area contributed by atoms with E-state index in [-0.39, 0.29) is 0 Å². The first kappa shape index (κ1) is 37.1. The Balaban J connectivity index is 1.26. The number of hydrogen-bond acceptors (Lipinski definition) is 2. The summed E-state index contributed by atoms with van der Waals surface area (Å²) in [7, 11) is 0. The highest BCUT2D eigenvalue weighted by atomic mass is 32.2. The van der Waals surface area contributed by atoms with E-state index in [0.717, 1.165) is 56.4 Å². The van der Waals surface area contributed by atoms with Crippen LogP contribution in [-0.4, -0.2) is 12.5 Å². The van der Waals surface area contributed by atoms with E-state index in [1.54, 1.807) is 23.5 Å². The van der Waals surface area contributed by atoms with Crippen molar-refractivity contribution in [3.05, 3.63) is 218 Å². The molecule has 0 spiro atoms. The highest BCUT2D eigenvalue weighted by Gasteiger charge is 2.28. The summed E-state index contributed by atoms with van der Waals surface area (Å²) < 4.78 is 4.83. The minimum atomic E-state index is 1.08. The lowest BCUT2D eigenvalue weighted by molar-refractivity contribution is -0.576. The van der Waals surface area contributed by atoms with Crippen molar-refractivity contribution < 1.29 is 9.13 Å². The molecule has 0 aliphatic heterocycles. The van der Waals surface area contributed by atoms with Crippen LogP contribution in [0.15, 0.2) is 228 Å². The van der Waals surface area contributed by atoms with Crippen LogP contribution in [0.1, 0.15) is 0 Å². The molecule has 278 valence electrons. The number of pyridine rings is 2. The SMILES string of the molecule is CSc1ccc(-c2cc(-c3ccccc3)[n+](-c3ccc(-[n+]4c(-c5ccccc5)cc(-c5ccc(SC)cc5)cc4-c4ccccc4)cc3)c(-c3ccccc3)c2)cc1. The van der Waals surface area contributed by atoms with E-state index in [0.29, 0.717) is 0 Å². The molecule has 0 saturated carbocycles. The summed E-state index contributed by atoms with van der Waals surface area (Å²) in [5.74, 6) is 0. The molecule has 2 aromatic heterocycles. The molecule has 0 unspecified atom stereocenters. The van der Waals surface area contributed by atoms with Crippen molar-refractivity contribution in [3.8, 4) is 78.7 Å². The molecular formula is C54H42N2S2+2. The molecule has 0 bridgehead atoms. The predicted octanol–water partition coefficient (Wildman–Crippen LogP) is 13.7. The quantitative estimate of drug-likeness (QED) is 0.101. The minimum absolute atomic E-state index is 1.08. The first-order valence-corrected chi connectivity index (χ1v) is 21.9. The second-order valence-electron chi connectivity index (χ2n) is 14.1. The highest BCUT2D eigenvalue weighted by molar-refractivity contribution is 7.98. The molecule has 0 saturated heterocycles. The molecule has 2 nitrogen and oxygen atoms in total. The third kappa shape index (κ3) is 7.65. The van der Waals surface area contributed by atoms with Gasteiger partial charge in [-0.3, -0.25) is 0 Å². The average molecular weight is 783 g/mol. The lowest BCUT2D eigenvalue weighted by Gasteiger charge is -2.14. The summed E-state index contributed by atoms with van der Waals surface area (Å²) in [5.41, 5.74) is 16.0. The maximum atomic E-state index is 2.41. The third-order valence-electron chi connectivity index (χ3n) is 10.6. The molecule has 4 heteroatoms. The lowest BCUT2D eigenvalue weighted by Crippen LogP contribution is -2.38. The molecule has 0 amide bonds. The molecule has 0 fully saturated rings. The van der Waals surface area contributed by atoms with Gasteiger partial charge in [-0.25, -0.2) is 0 Å². The average Bonchev–Trinajstić information content (AvgIpc) is 3.32. The Morgan fingerprint density at radius 2 is 0.517 bits per heavy atom. The van der Waals surface area contributed by atoms with E-state index in [4.69, 9.17) is 0 Å². The molecular weight excluding hydrogens is 741 g/mol. The van der Waals surface area contributed by atoms with Crippen molar-refractivity contribution in [1.82, 2.24) is 0 Å². The molecule has 0 aliphatic carbocycles. The van der Waals surface area contributed by atoms with Crippen molar-refractivity contribution in [1.29, 1.82) is 0 Å². The van der Waals surface area contributed by atoms with E-state index in [9.17, 15) is 0 Å². The van der Waals surface area contributed by atoms with E-state index >= 15 is 0 Å². The van der Waals surface area contributed by atoms with E-state index in [1.807, 2.05) is 0 Å². The Kier molecular flexibility index (Phi) is 10.9. The second-order valence-corrected chi connectivity index (χ2v) is 15.9.